The number of nitrogens with zero attached hydrogens (tertiary/aromatic N) is 4. The van der Waals surface area contributed by atoms with E-state index in [2.05, 4.69) is 15.6 Å². The van der Waals surface area contributed by atoms with Gasteiger partial charge in [-0.2, -0.15) is 0 Å². The van der Waals surface area contributed by atoms with Gasteiger partial charge < -0.3 is 20.1 Å². The number of fused-ring (bicyclic) bond motifs is 1. The Kier molecular flexibility index (Phi) is 5.95. The molecule has 0 aliphatic heterocycles. The lowest BCUT2D eigenvalue weighted by atomic mass is 10.1. The van der Waals surface area contributed by atoms with Crippen molar-refractivity contribution in [3.05, 3.63) is 71.8 Å². The summed E-state index contributed by atoms with van der Waals surface area (Å²) < 4.78 is 7.10. The Morgan fingerprint density at radius 2 is 1.82 bits per heavy atom. The first kappa shape index (κ1) is 21.8. The van der Waals surface area contributed by atoms with Gasteiger partial charge >= 0.3 is 0 Å². The minimum Gasteiger partial charge on any atom is -0.504 e. The van der Waals surface area contributed by atoms with Gasteiger partial charge in [-0.25, -0.2) is 4.68 Å². The van der Waals surface area contributed by atoms with Crippen molar-refractivity contribution < 1.29 is 19.4 Å². The van der Waals surface area contributed by atoms with Crippen LogP contribution in [-0.2, 0) is 11.3 Å². The molecule has 1 heterocycles. The van der Waals surface area contributed by atoms with Crippen molar-refractivity contribution in [3.8, 4) is 17.2 Å². The van der Waals surface area contributed by atoms with E-state index in [4.69, 9.17) is 4.74 Å². The van der Waals surface area contributed by atoms with E-state index in [0.29, 0.717) is 28.0 Å². The topological polar surface area (TPSA) is 110 Å². The van der Waals surface area contributed by atoms with Crippen LogP contribution in [-0.4, -0.2) is 46.1 Å². The SMILES string of the molecule is CNC(=O)c1ccc(N(Cc2ccc(O)c(OC)c2-n2nnc3ccccc32)C(C)=O)cc1. The third-order valence-corrected chi connectivity index (χ3v) is 5.34. The molecular weight excluding hydrogens is 422 g/mol. The summed E-state index contributed by atoms with van der Waals surface area (Å²) in [5.41, 5.74) is 3.70. The molecule has 1 aromatic heterocycles. The number of anilines is 1. The van der Waals surface area contributed by atoms with Crippen molar-refractivity contribution >= 4 is 28.5 Å². The van der Waals surface area contributed by atoms with Gasteiger partial charge in [-0.05, 0) is 42.5 Å². The van der Waals surface area contributed by atoms with Crippen LogP contribution in [0.2, 0.25) is 0 Å². The second-order valence-corrected chi connectivity index (χ2v) is 7.35. The normalized spacial score (nSPS) is 10.8. The summed E-state index contributed by atoms with van der Waals surface area (Å²) >= 11 is 0. The third kappa shape index (κ3) is 4.08. The second kappa shape index (κ2) is 8.99. The Hall–Kier alpha value is -4.40. The minimum absolute atomic E-state index is 0.0554. The molecule has 9 nitrogen and oxygen atoms in total. The predicted molar refractivity (Wildman–Crippen MR) is 124 cm³/mol. The Morgan fingerprint density at radius 3 is 2.48 bits per heavy atom. The summed E-state index contributed by atoms with van der Waals surface area (Å²) in [4.78, 5) is 26.0. The van der Waals surface area contributed by atoms with E-state index in [1.807, 2.05) is 24.3 Å². The molecule has 4 aromatic rings. The van der Waals surface area contributed by atoms with Crippen molar-refractivity contribution in [3.63, 3.8) is 0 Å². The number of ether oxygens (including phenoxy) is 1. The van der Waals surface area contributed by atoms with Crippen molar-refractivity contribution in [1.29, 1.82) is 0 Å². The molecule has 0 bridgehead atoms. The summed E-state index contributed by atoms with van der Waals surface area (Å²) in [6.45, 7) is 1.64. The van der Waals surface area contributed by atoms with E-state index in [1.165, 1.54) is 20.1 Å². The molecule has 0 fully saturated rings. The van der Waals surface area contributed by atoms with Crippen LogP contribution in [0, 0.1) is 0 Å². The van der Waals surface area contributed by atoms with Gasteiger partial charge in [-0.1, -0.05) is 23.4 Å². The first-order valence-corrected chi connectivity index (χ1v) is 10.2. The zero-order chi connectivity index (χ0) is 23.5. The molecule has 168 valence electrons. The van der Waals surface area contributed by atoms with Crippen LogP contribution in [0.1, 0.15) is 22.8 Å². The number of para-hydroxylation sites is 1. The van der Waals surface area contributed by atoms with Crippen LogP contribution >= 0.6 is 0 Å². The van der Waals surface area contributed by atoms with Crippen LogP contribution in [0.3, 0.4) is 0 Å². The highest BCUT2D eigenvalue weighted by molar-refractivity contribution is 5.96. The second-order valence-electron chi connectivity index (χ2n) is 7.35. The van der Waals surface area contributed by atoms with Gasteiger partial charge in [-0.15, -0.1) is 5.10 Å². The number of nitrogens with one attached hydrogen (secondary N) is 1. The first-order chi connectivity index (χ1) is 15.9. The van der Waals surface area contributed by atoms with E-state index >= 15 is 0 Å². The molecule has 0 unspecified atom stereocenters. The number of hydrogen-bond donors (Lipinski definition) is 2. The van der Waals surface area contributed by atoms with Crippen LogP contribution in [0.15, 0.2) is 60.7 Å². The van der Waals surface area contributed by atoms with Gasteiger partial charge in [0.25, 0.3) is 5.91 Å². The van der Waals surface area contributed by atoms with Crippen LogP contribution in [0.4, 0.5) is 5.69 Å². The Labute approximate surface area is 190 Å². The highest BCUT2D eigenvalue weighted by atomic mass is 16.5. The fourth-order valence-corrected chi connectivity index (χ4v) is 3.69. The molecule has 2 amide bonds. The molecule has 0 atom stereocenters. The Bertz CT molecular complexity index is 1330. The third-order valence-electron chi connectivity index (χ3n) is 5.34. The highest BCUT2D eigenvalue weighted by Gasteiger charge is 2.22. The maximum atomic E-state index is 12.6. The van der Waals surface area contributed by atoms with Crippen LogP contribution < -0.4 is 15.0 Å². The number of aromatic hydroxyl groups is 1. The van der Waals surface area contributed by atoms with Crippen molar-refractivity contribution in [2.24, 2.45) is 0 Å². The predicted octanol–water partition coefficient (Wildman–Crippen LogP) is 3.05. The molecule has 2 N–H and O–H groups in total. The Morgan fingerprint density at radius 1 is 1.09 bits per heavy atom. The first-order valence-electron chi connectivity index (χ1n) is 10.2. The smallest absolute Gasteiger partial charge is 0.251 e. The highest BCUT2D eigenvalue weighted by Crippen LogP contribution is 2.37. The maximum absolute atomic E-state index is 12.6. The number of benzene rings is 3. The molecule has 9 heteroatoms. The molecule has 0 saturated carbocycles. The lowest BCUT2D eigenvalue weighted by Gasteiger charge is -2.24. The zero-order valence-electron chi connectivity index (χ0n) is 18.4. The van der Waals surface area contributed by atoms with Gasteiger partial charge in [0, 0.05) is 30.8 Å². The number of carbonyl (C=O) groups excluding carboxylic acids is 2. The standard InChI is InChI=1S/C24H23N5O4/c1-15(30)28(18-11-8-16(9-12-18)24(32)25-2)14-17-10-13-21(31)23(33-3)22(17)29-20-7-5-4-6-19(20)26-27-29/h4-13,31H,14H2,1-3H3,(H,25,32). The number of carbonyl (C=O) groups is 2. The molecule has 3 aromatic carbocycles. The van der Waals surface area contributed by atoms with Gasteiger partial charge in [0.2, 0.25) is 5.91 Å². The summed E-state index contributed by atoms with van der Waals surface area (Å²) in [5.74, 6) is -0.231. The molecular formula is C24H23N5O4. The average Bonchev–Trinajstić information content (AvgIpc) is 3.26. The summed E-state index contributed by atoms with van der Waals surface area (Å²) in [5, 5.41) is 21.5. The summed E-state index contributed by atoms with van der Waals surface area (Å²) in [7, 11) is 3.02. The zero-order valence-corrected chi connectivity index (χ0v) is 18.4. The number of rotatable bonds is 6. The fourth-order valence-electron chi connectivity index (χ4n) is 3.69. The lowest BCUT2D eigenvalue weighted by molar-refractivity contribution is -0.116. The van der Waals surface area contributed by atoms with E-state index in [-0.39, 0.29) is 29.9 Å². The maximum Gasteiger partial charge on any atom is 0.251 e. The fraction of sp³-hybridized carbons (Fsp3) is 0.167. The lowest BCUT2D eigenvalue weighted by Crippen LogP contribution is -2.28. The van der Waals surface area contributed by atoms with E-state index in [1.54, 1.807) is 47.0 Å². The number of methoxy groups -OCH3 is 1. The molecule has 0 radical (unpaired) electrons. The number of hydrogen-bond acceptors (Lipinski definition) is 6. The van der Waals surface area contributed by atoms with Gasteiger partial charge in [0.05, 0.1) is 19.2 Å². The Balaban J connectivity index is 1.81. The molecule has 0 aliphatic carbocycles. The number of amides is 2. The van der Waals surface area contributed by atoms with Gasteiger partial charge in [0.15, 0.2) is 11.5 Å². The van der Waals surface area contributed by atoms with Gasteiger partial charge in [0.1, 0.15) is 11.2 Å². The van der Waals surface area contributed by atoms with Crippen molar-refractivity contribution in [2.75, 3.05) is 19.1 Å². The largest absolute Gasteiger partial charge is 0.504 e. The minimum atomic E-state index is -0.209. The molecule has 33 heavy (non-hydrogen) atoms. The molecule has 0 spiro atoms. The van der Waals surface area contributed by atoms with Crippen molar-refractivity contribution in [1.82, 2.24) is 20.3 Å². The van der Waals surface area contributed by atoms with Crippen LogP contribution in [0.25, 0.3) is 16.7 Å². The molecule has 0 saturated heterocycles. The molecule has 0 aliphatic rings. The number of aromatic nitrogens is 3. The quantitative estimate of drug-likeness (QED) is 0.472. The van der Waals surface area contributed by atoms with E-state index in [9.17, 15) is 14.7 Å². The van der Waals surface area contributed by atoms with Crippen molar-refractivity contribution in [2.45, 2.75) is 13.5 Å². The van der Waals surface area contributed by atoms with E-state index in [0.717, 1.165) is 5.52 Å². The summed E-state index contributed by atoms with van der Waals surface area (Å²) in [6, 6.07) is 17.4. The van der Waals surface area contributed by atoms with Crippen LogP contribution in [0.5, 0.6) is 11.5 Å². The number of phenols is 1. The summed E-state index contributed by atoms with van der Waals surface area (Å²) in [6.07, 6.45) is 0. The number of phenolic OH excluding ortho intramolecular Hbond substituents is 1. The van der Waals surface area contributed by atoms with E-state index < -0.39 is 0 Å². The monoisotopic (exact) mass is 445 g/mol. The average molecular weight is 445 g/mol. The van der Waals surface area contributed by atoms with Gasteiger partial charge in [-0.3, -0.25) is 9.59 Å². The molecule has 4 rings (SSSR count).